The summed E-state index contributed by atoms with van der Waals surface area (Å²) < 4.78 is 17.0. The van der Waals surface area contributed by atoms with E-state index in [1.807, 2.05) is 0 Å². The Bertz CT molecular complexity index is 1410. The Morgan fingerprint density at radius 2 is 0.439 bits per heavy atom. The Balaban J connectivity index is 4.33. The molecule has 1 unspecified atom stereocenters. The molecule has 1 atom stereocenters. The minimum Gasteiger partial charge on any atom is -0.462 e. The first-order chi connectivity index (χ1) is 40.5. The summed E-state index contributed by atoms with van der Waals surface area (Å²) in [6.45, 7) is 6.69. The van der Waals surface area contributed by atoms with Gasteiger partial charge in [0.1, 0.15) is 13.2 Å². The molecule has 0 amide bonds. The molecule has 0 N–H and O–H groups in total. The third-order valence-corrected chi connectivity index (χ3v) is 16.5. The number of esters is 3. The molecule has 0 fully saturated rings. The van der Waals surface area contributed by atoms with Gasteiger partial charge in [0.05, 0.1) is 0 Å². The predicted octanol–water partition coefficient (Wildman–Crippen LogP) is 25.3. The minimum absolute atomic E-state index is 0.0725. The summed E-state index contributed by atoms with van der Waals surface area (Å²) >= 11 is 0. The van der Waals surface area contributed by atoms with Crippen molar-refractivity contribution in [1.29, 1.82) is 0 Å². The maximum absolute atomic E-state index is 13.0. The predicted molar refractivity (Wildman–Crippen MR) is 358 cm³/mol. The summed E-state index contributed by atoms with van der Waals surface area (Å²) in [6, 6.07) is 0. The van der Waals surface area contributed by atoms with E-state index < -0.39 is 6.10 Å². The molecule has 0 saturated carbocycles. The van der Waals surface area contributed by atoms with Crippen LogP contribution in [0.15, 0.2) is 48.6 Å². The van der Waals surface area contributed by atoms with Crippen LogP contribution in [0.25, 0.3) is 0 Å². The van der Waals surface area contributed by atoms with E-state index in [-0.39, 0.29) is 31.1 Å². The van der Waals surface area contributed by atoms with E-state index in [9.17, 15) is 14.4 Å². The lowest BCUT2D eigenvalue weighted by molar-refractivity contribution is -0.167. The van der Waals surface area contributed by atoms with Gasteiger partial charge < -0.3 is 14.2 Å². The second-order valence-corrected chi connectivity index (χ2v) is 24.8. The van der Waals surface area contributed by atoms with Crippen LogP contribution in [-0.2, 0) is 28.6 Å². The second kappa shape index (κ2) is 70.9. The van der Waals surface area contributed by atoms with E-state index in [0.717, 1.165) is 64.2 Å². The number of carbonyl (C=O) groups is 3. The van der Waals surface area contributed by atoms with Crippen LogP contribution in [0.5, 0.6) is 0 Å². The quantitative estimate of drug-likeness (QED) is 0.0261. The topological polar surface area (TPSA) is 78.9 Å². The SMILES string of the molecule is CCCCCCC/C=C\C/C=C\CCCCCCCCCCCCCC(=O)OCC(COC(=O)CCCCCCCCC/C=C\CCCCCCCCC)OC(=O)CCCCCCCCCCCCC/C=C\CCCCCCCCCC. The van der Waals surface area contributed by atoms with Crippen molar-refractivity contribution in [2.24, 2.45) is 0 Å². The van der Waals surface area contributed by atoms with E-state index in [0.29, 0.717) is 19.3 Å². The zero-order valence-corrected chi connectivity index (χ0v) is 55.3. The average Bonchev–Trinajstić information content (AvgIpc) is 3.47. The van der Waals surface area contributed by atoms with E-state index >= 15 is 0 Å². The Morgan fingerprint density at radius 1 is 0.244 bits per heavy atom. The molecule has 0 radical (unpaired) electrons. The minimum atomic E-state index is -0.777. The van der Waals surface area contributed by atoms with Crippen molar-refractivity contribution in [3.05, 3.63) is 48.6 Å². The van der Waals surface area contributed by atoms with Crippen molar-refractivity contribution in [3.8, 4) is 0 Å². The van der Waals surface area contributed by atoms with Crippen molar-refractivity contribution in [3.63, 3.8) is 0 Å². The molecule has 480 valence electrons. The highest BCUT2D eigenvalue weighted by atomic mass is 16.6. The Morgan fingerprint density at radius 3 is 0.683 bits per heavy atom. The van der Waals surface area contributed by atoms with Crippen LogP contribution < -0.4 is 0 Å². The molecule has 0 aromatic heterocycles. The third-order valence-electron chi connectivity index (χ3n) is 16.5. The van der Waals surface area contributed by atoms with Crippen LogP contribution in [0.1, 0.15) is 400 Å². The number of allylic oxidation sites excluding steroid dienone is 8. The van der Waals surface area contributed by atoms with Gasteiger partial charge in [0, 0.05) is 19.3 Å². The summed E-state index contributed by atoms with van der Waals surface area (Å²) in [5.74, 6) is -0.852. The van der Waals surface area contributed by atoms with Crippen molar-refractivity contribution >= 4 is 17.9 Å². The number of ether oxygens (including phenoxy) is 3. The van der Waals surface area contributed by atoms with Crippen molar-refractivity contribution in [2.45, 2.75) is 406 Å². The first kappa shape index (κ1) is 79.4. The van der Waals surface area contributed by atoms with Gasteiger partial charge in [0.15, 0.2) is 6.10 Å². The first-order valence-electron chi connectivity index (χ1n) is 36.6. The molecule has 0 saturated heterocycles. The Kier molecular flexibility index (Phi) is 68.6. The van der Waals surface area contributed by atoms with Crippen molar-refractivity contribution in [1.82, 2.24) is 0 Å². The highest BCUT2D eigenvalue weighted by molar-refractivity contribution is 5.71. The normalized spacial score (nSPS) is 12.3. The fraction of sp³-hybridized carbons (Fsp3) is 0.855. The molecular formula is C76H140O6. The molecule has 0 bridgehead atoms. The second-order valence-electron chi connectivity index (χ2n) is 24.8. The van der Waals surface area contributed by atoms with Crippen molar-refractivity contribution in [2.75, 3.05) is 13.2 Å². The maximum Gasteiger partial charge on any atom is 0.306 e. The van der Waals surface area contributed by atoms with Gasteiger partial charge in [0.2, 0.25) is 0 Å². The Hall–Kier alpha value is -2.63. The molecule has 0 aliphatic rings. The van der Waals surface area contributed by atoms with Crippen LogP contribution in [-0.4, -0.2) is 37.2 Å². The zero-order chi connectivity index (χ0) is 59.2. The molecule has 0 aromatic carbocycles. The highest BCUT2D eigenvalue weighted by Gasteiger charge is 2.19. The lowest BCUT2D eigenvalue weighted by Gasteiger charge is -2.18. The number of rotatable bonds is 68. The van der Waals surface area contributed by atoms with Crippen LogP contribution >= 0.6 is 0 Å². The molecule has 6 heteroatoms. The molecule has 6 nitrogen and oxygen atoms in total. The van der Waals surface area contributed by atoms with Crippen LogP contribution in [0.4, 0.5) is 0 Å². The molecule has 0 spiro atoms. The summed E-state index contributed by atoms with van der Waals surface area (Å²) in [7, 11) is 0. The molecular weight excluding hydrogens is 1010 g/mol. The van der Waals surface area contributed by atoms with E-state index in [1.165, 1.54) is 295 Å². The molecule has 82 heavy (non-hydrogen) atoms. The molecule has 0 aromatic rings. The van der Waals surface area contributed by atoms with Crippen molar-refractivity contribution < 1.29 is 28.6 Å². The summed E-state index contributed by atoms with van der Waals surface area (Å²) in [5.41, 5.74) is 0. The zero-order valence-electron chi connectivity index (χ0n) is 55.3. The fourth-order valence-electron chi connectivity index (χ4n) is 11.0. The number of hydrogen-bond donors (Lipinski definition) is 0. The van der Waals surface area contributed by atoms with Gasteiger partial charge in [-0.15, -0.1) is 0 Å². The third kappa shape index (κ3) is 68.2. The summed E-state index contributed by atoms with van der Waals surface area (Å²) in [4.78, 5) is 38.5. The molecule has 0 heterocycles. The average molecular weight is 1150 g/mol. The van der Waals surface area contributed by atoms with Gasteiger partial charge in [-0.25, -0.2) is 0 Å². The number of hydrogen-bond acceptors (Lipinski definition) is 6. The lowest BCUT2D eigenvalue weighted by Crippen LogP contribution is -2.30. The highest BCUT2D eigenvalue weighted by Crippen LogP contribution is 2.18. The molecule has 0 rings (SSSR count). The number of carbonyl (C=O) groups excluding carboxylic acids is 3. The van der Waals surface area contributed by atoms with Crippen LogP contribution in [0.3, 0.4) is 0 Å². The first-order valence-corrected chi connectivity index (χ1v) is 36.6. The number of unbranched alkanes of at least 4 members (excludes halogenated alkanes) is 49. The fourth-order valence-corrected chi connectivity index (χ4v) is 11.0. The van der Waals surface area contributed by atoms with E-state index in [2.05, 4.69) is 69.4 Å². The maximum atomic E-state index is 13.0. The monoisotopic (exact) mass is 1150 g/mol. The van der Waals surface area contributed by atoms with E-state index in [4.69, 9.17) is 14.2 Å². The van der Waals surface area contributed by atoms with Gasteiger partial charge in [-0.1, -0.05) is 326 Å². The van der Waals surface area contributed by atoms with Gasteiger partial charge in [-0.3, -0.25) is 14.4 Å². The van der Waals surface area contributed by atoms with Gasteiger partial charge in [-0.05, 0) is 103 Å². The largest absolute Gasteiger partial charge is 0.462 e. The van der Waals surface area contributed by atoms with E-state index in [1.54, 1.807) is 0 Å². The van der Waals surface area contributed by atoms with Crippen LogP contribution in [0, 0.1) is 0 Å². The standard InChI is InChI=1S/C76H140O6/c1-4-7-10-13-16-19-22-25-28-31-34-36-38-40-42-45-48-51-54-57-60-63-66-69-75(78)81-72-73(71-80-74(77)68-65-62-59-56-53-50-47-44-33-30-27-24-21-18-15-12-9-6-3)82-76(79)70-67-64-61-58-55-52-49-46-43-41-39-37-35-32-29-26-23-20-17-14-11-8-5-2/h22,25,30-35,73H,4-21,23-24,26-29,36-72H2,1-3H3/b25-22-,33-30-,34-31-,35-32-. The molecule has 0 aliphatic heterocycles. The summed E-state index contributed by atoms with van der Waals surface area (Å²) in [6.07, 6.45) is 89.9. The summed E-state index contributed by atoms with van der Waals surface area (Å²) in [5, 5.41) is 0. The van der Waals surface area contributed by atoms with Gasteiger partial charge in [0.25, 0.3) is 0 Å². The van der Waals surface area contributed by atoms with Gasteiger partial charge >= 0.3 is 17.9 Å². The molecule has 0 aliphatic carbocycles. The lowest BCUT2D eigenvalue weighted by atomic mass is 10.0. The Labute approximate surface area is 511 Å². The van der Waals surface area contributed by atoms with Crippen LogP contribution in [0.2, 0.25) is 0 Å². The smallest absolute Gasteiger partial charge is 0.306 e. The van der Waals surface area contributed by atoms with Gasteiger partial charge in [-0.2, -0.15) is 0 Å².